The van der Waals surface area contributed by atoms with Crippen molar-refractivity contribution in [2.45, 2.75) is 25.9 Å². The lowest BCUT2D eigenvalue weighted by atomic mass is 10.2. The topological polar surface area (TPSA) is 94.6 Å². The lowest BCUT2D eigenvalue weighted by Crippen LogP contribution is -2.44. The molecule has 2 heterocycles. The summed E-state index contributed by atoms with van der Waals surface area (Å²) in [5, 5.41) is 13.5. The number of H-pyrrole nitrogens is 1. The van der Waals surface area contributed by atoms with Crippen LogP contribution in [0, 0.1) is 6.92 Å². The second kappa shape index (κ2) is 7.90. The van der Waals surface area contributed by atoms with Gasteiger partial charge in [-0.2, -0.15) is 5.10 Å². The molecule has 138 valence electrons. The van der Waals surface area contributed by atoms with Gasteiger partial charge in [0.1, 0.15) is 5.75 Å². The number of nitrogens with zero attached hydrogens (tertiary/aromatic N) is 3. The summed E-state index contributed by atoms with van der Waals surface area (Å²) in [5.41, 5.74) is 2.94. The molecule has 0 saturated carbocycles. The molecule has 3 rings (SSSR count). The number of hydrogen-bond acceptors (Lipinski definition) is 4. The highest BCUT2D eigenvalue weighted by Crippen LogP contribution is 2.25. The van der Waals surface area contributed by atoms with Crippen LogP contribution in [-0.2, 0) is 11.3 Å². The van der Waals surface area contributed by atoms with E-state index in [1.807, 2.05) is 31.2 Å². The Kier molecular flexibility index (Phi) is 5.40. The Bertz CT molecular complexity index is 800. The molecular formula is C18H24N6O2. The predicted octanol–water partition coefficient (Wildman–Crippen LogP) is 1.20. The van der Waals surface area contributed by atoms with E-state index in [1.165, 1.54) is 0 Å². The SMILES string of the molecule is CN=C(NCc1cn[nH]c1C)NC1CC(=O)N(c2cccc(OC)c2)C1. The molecule has 0 bridgehead atoms. The predicted molar refractivity (Wildman–Crippen MR) is 100 cm³/mol. The van der Waals surface area contributed by atoms with Crippen molar-refractivity contribution in [3.05, 3.63) is 41.7 Å². The summed E-state index contributed by atoms with van der Waals surface area (Å²) in [4.78, 5) is 18.4. The Morgan fingerprint density at radius 3 is 3.04 bits per heavy atom. The molecule has 0 aliphatic carbocycles. The van der Waals surface area contributed by atoms with Gasteiger partial charge in [0.15, 0.2) is 5.96 Å². The Hall–Kier alpha value is -3.03. The summed E-state index contributed by atoms with van der Waals surface area (Å²) in [7, 11) is 3.33. The van der Waals surface area contributed by atoms with Crippen LogP contribution in [0.25, 0.3) is 0 Å². The number of methoxy groups -OCH3 is 1. The van der Waals surface area contributed by atoms with Crippen molar-refractivity contribution in [3.63, 3.8) is 0 Å². The first-order valence-electron chi connectivity index (χ1n) is 8.51. The third kappa shape index (κ3) is 3.96. The number of nitrogens with one attached hydrogen (secondary N) is 3. The minimum atomic E-state index is -0.00894. The minimum absolute atomic E-state index is 0.00894. The first-order chi connectivity index (χ1) is 12.6. The first kappa shape index (κ1) is 17.8. The van der Waals surface area contributed by atoms with Crippen molar-refractivity contribution >= 4 is 17.6 Å². The maximum atomic E-state index is 12.4. The highest BCUT2D eigenvalue weighted by atomic mass is 16.5. The molecule has 0 radical (unpaired) electrons. The van der Waals surface area contributed by atoms with Crippen molar-refractivity contribution in [1.29, 1.82) is 0 Å². The van der Waals surface area contributed by atoms with Crippen LogP contribution in [0.2, 0.25) is 0 Å². The average molecular weight is 356 g/mol. The summed E-state index contributed by atoms with van der Waals surface area (Å²) in [6.07, 6.45) is 2.21. The lowest BCUT2D eigenvalue weighted by Gasteiger charge is -2.19. The summed E-state index contributed by atoms with van der Waals surface area (Å²) in [6.45, 7) is 3.17. The van der Waals surface area contributed by atoms with Crippen molar-refractivity contribution < 1.29 is 9.53 Å². The highest BCUT2D eigenvalue weighted by Gasteiger charge is 2.31. The van der Waals surface area contributed by atoms with E-state index in [0.29, 0.717) is 25.5 Å². The number of aliphatic imine (C=N–C) groups is 1. The maximum absolute atomic E-state index is 12.4. The molecule has 1 saturated heterocycles. The van der Waals surface area contributed by atoms with Crippen LogP contribution in [0.1, 0.15) is 17.7 Å². The number of amides is 1. The Morgan fingerprint density at radius 1 is 1.50 bits per heavy atom. The normalized spacial score (nSPS) is 17.5. The molecule has 1 unspecified atom stereocenters. The van der Waals surface area contributed by atoms with E-state index in [1.54, 1.807) is 25.3 Å². The number of aromatic nitrogens is 2. The molecule has 26 heavy (non-hydrogen) atoms. The Labute approximate surface area is 152 Å². The van der Waals surface area contributed by atoms with Gasteiger partial charge in [-0.15, -0.1) is 0 Å². The van der Waals surface area contributed by atoms with Crippen LogP contribution in [0.4, 0.5) is 5.69 Å². The van der Waals surface area contributed by atoms with E-state index < -0.39 is 0 Å². The van der Waals surface area contributed by atoms with E-state index in [-0.39, 0.29) is 11.9 Å². The smallest absolute Gasteiger partial charge is 0.229 e. The molecule has 8 heteroatoms. The Balaban J connectivity index is 1.59. The van der Waals surface area contributed by atoms with Crippen molar-refractivity contribution in [2.24, 2.45) is 4.99 Å². The third-order valence-electron chi connectivity index (χ3n) is 4.44. The fourth-order valence-electron chi connectivity index (χ4n) is 2.95. The number of aryl methyl sites for hydroxylation is 1. The molecule has 8 nitrogen and oxygen atoms in total. The van der Waals surface area contributed by atoms with Crippen molar-refractivity contribution in [1.82, 2.24) is 20.8 Å². The van der Waals surface area contributed by atoms with Crippen LogP contribution >= 0.6 is 0 Å². The van der Waals surface area contributed by atoms with E-state index in [4.69, 9.17) is 4.74 Å². The molecule has 2 aromatic rings. The molecule has 1 aliphatic heterocycles. The third-order valence-corrected chi connectivity index (χ3v) is 4.44. The molecule has 1 aromatic heterocycles. The molecule has 1 fully saturated rings. The van der Waals surface area contributed by atoms with Crippen LogP contribution in [0.3, 0.4) is 0 Å². The average Bonchev–Trinajstić information content (AvgIpc) is 3.23. The molecule has 0 spiro atoms. The monoisotopic (exact) mass is 356 g/mol. The van der Waals surface area contributed by atoms with E-state index >= 15 is 0 Å². The number of aromatic amines is 1. The second-order valence-corrected chi connectivity index (χ2v) is 6.20. The van der Waals surface area contributed by atoms with Crippen LogP contribution in [0.5, 0.6) is 5.75 Å². The summed E-state index contributed by atoms with van der Waals surface area (Å²) >= 11 is 0. The Morgan fingerprint density at radius 2 is 2.35 bits per heavy atom. The zero-order valence-electron chi connectivity index (χ0n) is 15.2. The van der Waals surface area contributed by atoms with Crippen LogP contribution in [0.15, 0.2) is 35.5 Å². The largest absolute Gasteiger partial charge is 0.497 e. The highest BCUT2D eigenvalue weighted by molar-refractivity contribution is 5.97. The number of carbonyl (C=O) groups excluding carboxylic acids is 1. The van der Waals surface area contributed by atoms with Crippen molar-refractivity contribution in [2.75, 3.05) is 25.6 Å². The molecule has 1 aliphatic rings. The van der Waals surface area contributed by atoms with Gasteiger partial charge in [-0.25, -0.2) is 0 Å². The van der Waals surface area contributed by atoms with Gasteiger partial charge in [-0.05, 0) is 19.1 Å². The summed E-state index contributed by atoms with van der Waals surface area (Å²) in [6, 6.07) is 7.52. The number of ether oxygens (including phenoxy) is 1. The summed E-state index contributed by atoms with van der Waals surface area (Å²) < 4.78 is 5.25. The second-order valence-electron chi connectivity index (χ2n) is 6.20. The zero-order chi connectivity index (χ0) is 18.5. The number of anilines is 1. The minimum Gasteiger partial charge on any atom is -0.497 e. The van der Waals surface area contributed by atoms with E-state index in [2.05, 4.69) is 25.8 Å². The van der Waals surface area contributed by atoms with Gasteiger partial charge in [0, 0.05) is 49.6 Å². The molecule has 1 atom stereocenters. The standard InChI is InChI=1S/C18H24N6O2/c1-12-13(10-21-23-12)9-20-18(19-2)22-14-7-17(25)24(11-14)15-5-4-6-16(8-15)26-3/h4-6,8,10,14H,7,9,11H2,1-3H3,(H,21,23)(H2,19,20,22). The van der Waals surface area contributed by atoms with Crippen LogP contribution in [-0.4, -0.2) is 48.8 Å². The van der Waals surface area contributed by atoms with Gasteiger partial charge >= 0.3 is 0 Å². The molecule has 1 amide bonds. The van der Waals surface area contributed by atoms with E-state index in [9.17, 15) is 4.79 Å². The molecule has 3 N–H and O–H groups in total. The number of rotatable bonds is 5. The molecule has 1 aromatic carbocycles. The van der Waals surface area contributed by atoms with Gasteiger partial charge in [0.05, 0.1) is 19.3 Å². The summed E-state index contributed by atoms with van der Waals surface area (Å²) in [5.74, 6) is 1.48. The van der Waals surface area contributed by atoms with Gasteiger partial charge in [-0.1, -0.05) is 6.07 Å². The van der Waals surface area contributed by atoms with Gasteiger partial charge in [0.2, 0.25) is 5.91 Å². The van der Waals surface area contributed by atoms with Crippen molar-refractivity contribution in [3.8, 4) is 5.75 Å². The lowest BCUT2D eigenvalue weighted by molar-refractivity contribution is -0.117. The van der Waals surface area contributed by atoms with E-state index in [0.717, 1.165) is 22.7 Å². The fraction of sp³-hybridized carbons (Fsp3) is 0.389. The number of guanidine groups is 1. The quantitative estimate of drug-likeness (QED) is 0.553. The molecular weight excluding hydrogens is 332 g/mol. The van der Waals surface area contributed by atoms with Gasteiger partial charge < -0.3 is 20.3 Å². The first-order valence-corrected chi connectivity index (χ1v) is 8.51. The zero-order valence-corrected chi connectivity index (χ0v) is 15.2. The fourth-order valence-corrected chi connectivity index (χ4v) is 2.95. The van der Waals surface area contributed by atoms with Crippen LogP contribution < -0.4 is 20.3 Å². The maximum Gasteiger partial charge on any atom is 0.229 e. The van der Waals surface area contributed by atoms with Gasteiger partial charge in [-0.3, -0.25) is 14.9 Å². The van der Waals surface area contributed by atoms with Gasteiger partial charge in [0.25, 0.3) is 0 Å². The number of carbonyl (C=O) groups is 1. The number of hydrogen-bond donors (Lipinski definition) is 3. The number of benzene rings is 1.